The number of Topliss-reactive ketones (excluding diaryl/α,β-unsaturated/α-hetero) is 1. The maximum atomic E-state index is 12.2. The minimum atomic E-state index is 0.121. The van der Waals surface area contributed by atoms with Crippen LogP contribution in [0, 0.1) is 5.92 Å². The van der Waals surface area contributed by atoms with Crippen LogP contribution in [0.4, 0.5) is 0 Å². The monoisotopic (exact) mass is 239 g/mol. The Morgan fingerprint density at radius 2 is 2.00 bits per heavy atom. The molecule has 1 aliphatic heterocycles. The van der Waals surface area contributed by atoms with E-state index < -0.39 is 0 Å². The van der Waals surface area contributed by atoms with Crippen molar-refractivity contribution in [3.8, 4) is 0 Å². The van der Waals surface area contributed by atoms with Gasteiger partial charge in [-0.2, -0.15) is 0 Å². The summed E-state index contributed by atoms with van der Waals surface area (Å²) in [6.07, 6.45) is 5.83. The first kappa shape index (κ1) is 11.3. The molecule has 2 unspecified atom stereocenters. The zero-order valence-corrected chi connectivity index (χ0v) is 10.5. The van der Waals surface area contributed by atoms with Crippen LogP contribution in [0.2, 0.25) is 0 Å². The van der Waals surface area contributed by atoms with Gasteiger partial charge in [-0.05, 0) is 17.9 Å². The molecule has 0 bridgehead atoms. The minimum absolute atomic E-state index is 0.121. The predicted octanol–water partition coefficient (Wildman–Crippen LogP) is 3.14. The van der Waals surface area contributed by atoms with Crippen LogP contribution < -0.4 is 5.32 Å². The molecule has 1 saturated heterocycles. The van der Waals surface area contributed by atoms with Crippen molar-refractivity contribution in [2.75, 3.05) is 0 Å². The summed E-state index contributed by atoms with van der Waals surface area (Å²) in [6.45, 7) is 2.15. The summed E-state index contributed by atoms with van der Waals surface area (Å²) < 4.78 is 0. The molecule has 0 amide bonds. The Morgan fingerprint density at radius 1 is 1.22 bits per heavy atom. The molecule has 1 aromatic rings. The SMILES string of the molecule is CC1C=C2C(=O)CC(c3ccccc3)NC2=CC1. The normalized spacial score (nSPS) is 26.8. The van der Waals surface area contributed by atoms with E-state index in [2.05, 4.69) is 36.5 Å². The van der Waals surface area contributed by atoms with E-state index in [1.165, 1.54) is 5.56 Å². The third-order valence-electron chi connectivity index (χ3n) is 3.66. The van der Waals surface area contributed by atoms with Crippen LogP contribution in [0.3, 0.4) is 0 Å². The number of piperidine rings is 1. The Bertz CT molecular complexity index is 527. The molecule has 1 fully saturated rings. The summed E-state index contributed by atoms with van der Waals surface area (Å²) >= 11 is 0. The van der Waals surface area contributed by atoms with Gasteiger partial charge in [0.05, 0.1) is 6.04 Å². The van der Waals surface area contributed by atoms with E-state index in [1.807, 2.05) is 18.2 Å². The third-order valence-corrected chi connectivity index (χ3v) is 3.66. The van der Waals surface area contributed by atoms with E-state index in [9.17, 15) is 4.79 Å². The number of carbonyl (C=O) groups is 1. The van der Waals surface area contributed by atoms with E-state index in [1.54, 1.807) is 0 Å². The lowest BCUT2D eigenvalue weighted by Crippen LogP contribution is -2.33. The van der Waals surface area contributed by atoms with Crippen LogP contribution in [0.25, 0.3) is 0 Å². The molecule has 0 saturated carbocycles. The molecule has 2 nitrogen and oxygen atoms in total. The van der Waals surface area contributed by atoms with Gasteiger partial charge in [-0.1, -0.05) is 49.4 Å². The smallest absolute Gasteiger partial charge is 0.167 e. The van der Waals surface area contributed by atoms with Gasteiger partial charge < -0.3 is 5.32 Å². The highest BCUT2D eigenvalue weighted by molar-refractivity contribution is 6.01. The summed E-state index contributed by atoms with van der Waals surface area (Å²) in [5, 5.41) is 3.49. The van der Waals surface area contributed by atoms with Crippen LogP contribution in [-0.4, -0.2) is 5.78 Å². The average Bonchev–Trinajstić information content (AvgIpc) is 2.40. The lowest BCUT2D eigenvalue weighted by atomic mass is 9.85. The van der Waals surface area contributed by atoms with Crippen LogP contribution >= 0.6 is 0 Å². The van der Waals surface area contributed by atoms with E-state index in [-0.39, 0.29) is 11.8 Å². The molecule has 2 atom stereocenters. The summed E-state index contributed by atoms with van der Waals surface area (Å²) in [5.74, 6) is 0.739. The Hall–Kier alpha value is -1.83. The largest absolute Gasteiger partial charge is 0.377 e. The van der Waals surface area contributed by atoms with Crippen LogP contribution in [0.1, 0.15) is 31.4 Å². The summed E-state index contributed by atoms with van der Waals surface area (Å²) in [6, 6.07) is 10.3. The molecule has 1 aromatic carbocycles. The van der Waals surface area contributed by atoms with Gasteiger partial charge in [-0.25, -0.2) is 0 Å². The average molecular weight is 239 g/mol. The molecule has 92 valence electrons. The molecular weight excluding hydrogens is 222 g/mol. The first-order valence-electron chi connectivity index (χ1n) is 6.51. The summed E-state index contributed by atoms with van der Waals surface area (Å²) in [7, 11) is 0. The maximum absolute atomic E-state index is 12.2. The molecule has 1 aliphatic carbocycles. The highest BCUT2D eigenvalue weighted by Gasteiger charge is 2.29. The predicted molar refractivity (Wildman–Crippen MR) is 71.9 cm³/mol. The number of hydrogen-bond acceptors (Lipinski definition) is 2. The van der Waals surface area contributed by atoms with Gasteiger partial charge in [0.25, 0.3) is 0 Å². The molecule has 0 radical (unpaired) electrons. The Kier molecular flexibility index (Phi) is 2.78. The van der Waals surface area contributed by atoms with Gasteiger partial charge in [0, 0.05) is 17.7 Å². The van der Waals surface area contributed by atoms with Crippen molar-refractivity contribution in [3.05, 3.63) is 59.3 Å². The van der Waals surface area contributed by atoms with Gasteiger partial charge in [0.2, 0.25) is 0 Å². The summed E-state index contributed by atoms with van der Waals surface area (Å²) in [5.41, 5.74) is 3.10. The lowest BCUT2D eigenvalue weighted by molar-refractivity contribution is -0.116. The maximum Gasteiger partial charge on any atom is 0.167 e. The molecular formula is C16H17NO. The standard InChI is InChI=1S/C16H17NO/c1-11-7-8-14-13(9-11)16(18)10-15(17-14)12-5-3-2-4-6-12/h2-6,8-9,11,15,17H,7,10H2,1H3. The van der Waals surface area contributed by atoms with E-state index in [4.69, 9.17) is 0 Å². The number of fused-ring (bicyclic) bond motifs is 1. The summed E-state index contributed by atoms with van der Waals surface area (Å²) in [4.78, 5) is 12.2. The highest BCUT2D eigenvalue weighted by atomic mass is 16.1. The fraction of sp³-hybridized carbons (Fsp3) is 0.312. The van der Waals surface area contributed by atoms with Crippen molar-refractivity contribution in [2.45, 2.75) is 25.8 Å². The Morgan fingerprint density at radius 3 is 2.78 bits per heavy atom. The number of benzene rings is 1. The second-order valence-corrected chi connectivity index (χ2v) is 5.15. The van der Waals surface area contributed by atoms with Crippen molar-refractivity contribution >= 4 is 5.78 Å². The number of ketones is 1. The molecule has 3 rings (SSSR count). The first-order valence-corrected chi connectivity index (χ1v) is 6.51. The van der Waals surface area contributed by atoms with Crippen molar-refractivity contribution in [2.24, 2.45) is 5.92 Å². The first-order chi connectivity index (χ1) is 8.74. The third kappa shape index (κ3) is 1.99. The van der Waals surface area contributed by atoms with E-state index >= 15 is 0 Å². The molecule has 1 N–H and O–H groups in total. The highest BCUT2D eigenvalue weighted by Crippen LogP contribution is 2.32. The second-order valence-electron chi connectivity index (χ2n) is 5.15. The van der Waals surface area contributed by atoms with Crippen molar-refractivity contribution in [1.82, 2.24) is 5.32 Å². The number of allylic oxidation sites excluding steroid dienone is 3. The Balaban J connectivity index is 1.88. The van der Waals surface area contributed by atoms with Crippen molar-refractivity contribution < 1.29 is 4.79 Å². The fourth-order valence-corrected chi connectivity index (χ4v) is 2.66. The van der Waals surface area contributed by atoms with Crippen molar-refractivity contribution in [3.63, 3.8) is 0 Å². The molecule has 2 heteroatoms. The van der Waals surface area contributed by atoms with Gasteiger partial charge >= 0.3 is 0 Å². The minimum Gasteiger partial charge on any atom is -0.377 e. The van der Waals surface area contributed by atoms with Crippen LogP contribution in [-0.2, 0) is 4.79 Å². The van der Waals surface area contributed by atoms with Crippen LogP contribution in [0.5, 0.6) is 0 Å². The molecule has 18 heavy (non-hydrogen) atoms. The number of nitrogens with one attached hydrogen (secondary N) is 1. The van der Waals surface area contributed by atoms with Crippen molar-refractivity contribution in [1.29, 1.82) is 0 Å². The van der Waals surface area contributed by atoms with Crippen LogP contribution in [0.15, 0.2) is 53.8 Å². The van der Waals surface area contributed by atoms with Gasteiger partial charge in [-0.3, -0.25) is 4.79 Å². The topological polar surface area (TPSA) is 29.1 Å². The zero-order chi connectivity index (χ0) is 12.5. The van der Waals surface area contributed by atoms with E-state index in [0.717, 1.165) is 17.7 Å². The quantitative estimate of drug-likeness (QED) is 0.815. The zero-order valence-electron chi connectivity index (χ0n) is 10.5. The fourth-order valence-electron chi connectivity index (χ4n) is 2.66. The van der Waals surface area contributed by atoms with Gasteiger partial charge in [0.15, 0.2) is 5.78 Å². The van der Waals surface area contributed by atoms with Gasteiger partial charge in [-0.15, -0.1) is 0 Å². The Labute approximate surface area is 107 Å². The number of rotatable bonds is 1. The lowest BCUT2D eigenvalue weighted by Gasteiger charge is -2.31. The van der Waals surface area contributed by atoms with E-state index in [0.29, 0.717) is 12.3 Å². The number of hydrogen-bond donors (Lipinski definition) is 1. The molecule has 0 aromatic heterocycles. The molecule has 1 heterocycles. The molecule has 2 aliphatic rings. The van der Waals surface area contributed by atoms with Gasteiger partial charge in [0.1, 0.15) is 0 Å². The second kappa shape index (κ2) is 4.45. The molecule has 0 spiro atoms. The number of carbonyl (C=O) groups excluding carboxylic acids is 1.